The van der Waals surface area contributed by atoms with E-state index < -0.39 is 0 Å². The third-order valence-corrected chi connectivity index (χ3v) is 2.84. The average Bonchev–Trinajstić information content (AvgIpc) is 2.32. The van der Waals surface area contributed by atoms with Crippen LogP contribution in [-0.4, -0.2) is 17.0 Å². The van der Waals surface area contributed by atoms with Gasteiger partial charge in [0, 0.05) is 18.9 Å². The number of anilines is 3. The topological polar surface area (TPSA) is 55.0 Å². The Morgan fingerprint density at radius 1 is 1.29 bits per heavy atom. The molecule has 0 aliphatic rings. The van der Waals surface area contributed by atoms with Gasteiger partial charge in [-0.3, -0.25) is 0 Å². The van der Waals surface area contributed by atoms with Crippen LogP contribution in [0.4, 0.5) is 21.8 Å². The molecule has 2 N–H and O–H groups in total. The molecule has 1 heterocycles. The largest absolute Gasteiger partial charge is 0.368 e. The minimum Gasteiger partial charge on any atom is -0.368 e. The molecule has 17 heavy (non-hydrogen) atoms. The molecule has 0 aliphatic carbocycles. The smallest absolute Gasteiger partial charge is 0.222 e. The monoisotopic (exact) mass is 296 g/mol. The van der Waals surface area contributed by atoms with Crippen LogP contribution in [0.2, 0.25) is 0 Å². The standard InChI is InChI=1S/C11H10BrFN4/c1-17(8-4-2-7(13)3-5-8)10-9(12)6-15-11(14)16-10/h2-6H,1H3,(H2,14,15,16). The molecule has 0 aliphatic heterocycles. The molecule has 0 saturated carbocycles. The zero-order chi connectivity index (χ0) is 12.4. The van der Waals surface area contributed by atoms with Gasteiger partial charge in [-0.2, -0.15) is 4.98 Å². The maximum absolute atomic E-state index is 12.8. The van der Waals surface area contributed by atoms with Gasteiger partial charge in [-0.25, -0.2) is 9.37 Å². The van der Waals surface area contributed by atoms with Gasteiger partial charge in [0.15, 0.2) is 5.82 Å². The molecule has 0 fully saturated rings. The quantitative estimate of drug-likeness (QED) is 0.926. The maximum atomic E-state index is 12.8. The molecule has 1 aromatic heterocycles. The molecule has 0 unspecified atom stereocenters. The van der Waals surface area contributed by atoms with Gasteiger partial charge >= 0.3 is 0 Å². The minimum absolute atomic E-state index is 0.192. The number of rotatable bonds is 2. The number of halogens is 2. The number of hydrogen-bond donors (Lipinski definition) is 1. The van der Waals surface area contributed by atoms with Gasteiger partial charge in [-0.1, -0.05) is 0 Å². The zero-order valence-electron chi connectivity index (χ0n) is 9.06. The molecule has 0 amide bonds. The van der Waals surface area contributed by atoms with Crippen molar-refractivity contribution in [3.63, 3.8) is 0 Å². The first kappa shape index (κ1) is 11.8. The van der Waals surface area contributed by atoms with Crippen LogP contribution in [0.5, 0.6) is 0 Å². The van der Waals surface area contributed by atoms with Crippen molar-refractivity contribution in [2.75, 3.05) is 17.7 Å². The van der Waals surface area contributed by atoms with Gasteiger partial charge in [0.1, 0.15) is 5.82 Å². The lowest BCUT2D eigenvalue weighted by molar-refractivity contribution is 0.628. The predicted octanol–water partition coefficient (Wildman–Crippen LogP) is 2.73. The summed E-state index contributed by atoms with van der Waals surface area (Å²) < 4.78 is 13.5. The van der Waals surface area contributed by atoms with Crippen molar-refractivity contribution < 1.29 is 4.39 Å². The Kier molecular flexibility index (Phi) is 3.23. The Morgan fingerprint density at radius 2 is 1.94 bits per heavy atom. The second-order valence-electron chi connectivity index (χ2n) is 3.44. The van der Waals surface area contributed by atoms with E-state index in [0.29, 0.717) is 5.82 Å². The fourth-order valence-corrected chi connectivity index (χ4v) is 1.85. The highest BCUT2D eigenvalue weighted by atomic mass is 79.9. The third-order valence-electron chi connectivity index (χ3n) is 2.28. The number of benzene rings is 1. The van der Waals surface area contributed by atoms with Gasteiger partial charge in [0.2, 0.25) is 5.95 Å². The molecule has 6 heteroatoms. The molecule has 0 spiro atoms. The lowest BCUT2D eigenvalue weighted by atomic mass is 10.3. The highest BCUT2D eigenvalue weighted by Crippen LogP contribution is 2.28. The van der Waals surface area contributed by atoms with Crippen LogP contribution in [0.25, 0.3) is 0 Å². The second-order valence-corrected chi connectivity index (χ2v) is 4.29. The van der Waals surface area contributed by atoms with E-state index in [-0.39, 0.29) is 11.8 Å². The Bertz CT molecular complexity index is 529. The summed E-state index contributed by atoms with van der Waals surface area (Å²) in [6.45, 7) is 0. The van der Waals surface area contributed by atoms with Gasteiger partial charge in [0.05, 0.1) is 4.47 Å². The molecule has 0 saturated heterocycles. The van der Waals surface area contributed by atoms with E-state index in [1.54, 1.807) is 23.2 Å². The molecule has 4 nitrogen and oxygen atoms in total. The van der Waals surface area contributed by atoms with E-state index in [1.165, 1.54) is 12.1 Å². The Hall–Kier alpha value is -1.69. The first-order valence-electron chi connectivity index (χ1n) is 4.85. The molecular weight excluding hydrogens is 287 g/mol. The van der Waals surface area contributed by atoms with Crippen LogP contribution in [0.3, 0.4) is 0 Å². The van der Waals surface area contributed by atoms with E-state index in [1.807, 2.05) is 7.05 Å². The van der Waals surface area contributed by atoms with E-state index >= 15 is 0 Å². The van der Waals surface area contributed by atoms with Gasteiger partial charge < -0.3 is 10.6 Å². The summed E-state index contributed by atoms with van der Waals surface area (Å²) in [5, 5.41) is 0. The number of aromatic nitrogens is 2. The first-order valence-corrected chi connectivity index (χ1v) is 5.64. The van der Waals surface area contributed by atoms with E-state index in [0.717, 1.165) is 10.2 Å². The fraction of sp³-hybridized carbons (Fsp3) is 0.0909. The summed E-state index contributed by atoms with van der Waals surface area (Å²) in [7, 11) is 1.82. The SMILES string of the molecule is CN(c1ccc(F)cc1)c1nc(N)ncc1Br. The summed E-state index contributed by atoms with van der Waals surface area (Å²) in [5.41, 5.74) is 6.35. The number of nitrogens with zero attached hydrogens (tertiary/aromatic N) is 3. The van der Waals surface area contributed by atoms with Crippen LogP contribution in [0.15, 0.2) is 34.9 Å². The lowest BCUT2D eigenvalue weighted by Gasteiger charge is -2.19. The normalized spacial score (nSPS) is 10.3. The predicted molar refractivity (Wildman–Crippen MR) is 68.6 cm³/mol. The van der Waals surface area contributed by atoms with Gasteiger partial charge in [-0.15, -0.1) is 0 Å². The van der Waals surface area contributed by atoms with Crippen LogP contribution in [-0.2, 0) is 0 Å². The van der Waals surface area contributed by atoms with Crippen molar-refractivity contribution in [2.24, 2.45) is 0 Å². The Balaban J connectivity index is 2.39. The Morgan fingerprint density at radius 3 is 2.59 bits per heavy atom. The van der Waals surface area contributed by atoms with Crippen molar-refractivity contribution in [1.29, 1.82) is 0 Å². The molecule has 0 radical (unpaired) electrons. The molecule has 0 atom stereocenters. The summed E-state index contributed by atoms with van der Waals surface area (Å²) >= 11 is 3.35. The highest BCUT2D eigenvalue weighted by molar-refractivity contribution is 9.10. The van der Waals surface area contributed by atoms with E-state index in [9.17, 15) is 4.39 Å². The van der Waals surface area contributed by atoms with Crippen LogP contribution >= 0.6 is 15.9 Å². The second kappa shape index (κ2) is 4.67. The molecule has 88 valence electrons. The molecular formula is C11H10BrFN4. The lowest BCUT2D eigenvalue weighted by Crippen LogP contribution is -2.13. The fourth-order valence-electron chi connectivity index (χ4n) is 1.39. The third kappa shape index (κ3) is 2.52. The number of nitrogens with two attached hydrogens (primary N) is 1. The average molecular weight is 297 g/mol. The maximum Gasteiger partial charge on any atom is 0.222 e. The van der Waals surface area contributed by atoms with Gasteiger partial charge in [0.25, 0.3) is 0 Å². The number of hydrogen-bond acceptors (Lipinski definition) is 4. The van der Waals surface area contributed by atoms with Crippen LogP contribution in [0, 0.1) is 5.82 Å². The summed E-state index contributed by atoms with van der Waals surface area (Å²) in [6.07, 6.45) is 1.58. The van der Waals surface area contributed by atoms with Crippen molar-refractivity contribution in [3.05, 3.63) is 40.8 Å². The van der Waals surface area contributed by atoms with Crippen molar-refractivity contribution in [3.8, 4) is 0 Å². The van der Waals surface area contributed by atoms with Crippen LogP contribution < -0.4 is 10.6 Å². The van der Waals surface area contributed by atoms with E-state index in [2.05, 4.69) is 25.9 Å². The highest BCUT2D eigenvalue weighted by Gasteiger charge is 2.10. The summed E-state index contributed by atoms with van der Waals surface area (Å²) in [6, 6.07) is 6.12. The minimum atomic E-state index is -0.275. The van der Waals surface area contributed by atoms with Crippen molar-refractivity contribution >= 4 is 33.4 Å². The molecule has 0 bridgehead atoms. The van der Waals surface area contributed by atoms with Crippen molar-refractivity contribution in [2.45, 2.75) is 0 Å². The molecule has 2 rings (SSSR count). The van der Waals surface area contributed by atoms with E-state index in [4.69, 9.17) is 5.73 Å². The molecule has 1 aromatic carbocycles. The van der Waals surface area contributed by atoms with Crippen LogP contribution in [0.1, 0.15) is 0 Å². The zero-order valence-corrected chi connectivity index (χ0v) is 10.6. The first-order chi connectivity index (χ1) is 8.08. The summed E-state index contributed by atoms with van der Waals surface area (Å²) in [4.78, 5) is 9.78. The molecule has 2 aromatic rings. The van der Waals surface area contributed by atoms with Gasteiger partial charge in [-0.05, 0) is 40.2 Å². The number of nitrogen functional groups attached to an aromatic ring is 1. The Labute approximate surface area is 106 Å². The van der Waals surface area contributed by atoms with Crippen molar-refractivity contribution in [1.82, 2.24) is 9.97 Å². The summed E-state index contributed by atoms with van der Waals surface area (Å²) in [5.74, 6) is 0.546.